The predicted octanol–water partition coefficient (Wildman–Crippen LogP) is 6.44. The van der Waals surface area contributed by atoms with E-state index in [-0.39, 0.29) is 0 Å². The van der Waals surface area contributed by atoms with E-state index < -0.39 is 0 Å². The molecule has 6 heteroatoms. The predicted molar refractivity (Wildman–Crippen MR) is 116 cm³/mol. The average molecular weight is 407 g/mol. The molecule has 29 heavy (non-hydrogen) atoms. The highest BCUT2D eigenvalue weighted by molar-refractivity contribution is 6.34. The Kier molecular flexibility index (Phi) is 5.40. The first-order valence-electron chi connectivity index (χ1n) is 8.98. The minimum absolute atomic E-state index is 0.509. The van der Waals surface area contributed by atoms with Crippen molar-refractivity contribution >= 4 is 33.9 Å². The van der Waals surface area contributed by atoms with Crippen molar-refractivity contribution in [2.24, 2.45) is 0 Å². The fourth-order valence-electron chi connectivity index (χ4n) is 3.00. The van der Waals surface area contributed by atoms with E-state index in [1.54, 1.807) is 20.4 Å². The standard InChI is InChI=1S/C23H19ClN2O3/c1-27-21-12-18-20(13-22(21)28-2)25-14-19(24)23(18)26-15-8-10-17(11-9-15)29-16-6-4-3-5-7-16/h3-14H,1-2H3,(H,25,26). The van der Waals surface area contributed by atoms with Crippen molar-refractivity contribution in [1.29, 1.82) is 0 Å². The highest BCUT2D eigenvalue weighted by Crippen LogP contribution is 2.38. The van der Waals surface area contributed by atoms with Crippen molar-refractivity contribution in [2.45, 2.75) is 0 Å². The molecular weight excluding hydrogens is 388 g/mol. The molecule has 0 amide bonds. The van der Waals surface area contributed by atoms with Crippen LogP contribution in [0.1, 0.15) is 0 Å². The Bertz CT molecular complexity index is 1130. The van der Waals surface area contributed by atoms with Crippen LogP contribution in [0.4, 0.5) is 11.4 Å². The molecule has 146 valence electrons. The first kappa shape index (κ1) is 18.9. The largest absolute Gasteiger partial charge is 0.493 e. The van der Waals surface area contributed by atoms with E-state index in [2.05, 4.69) is 10.3 Å². The molecular formula is C23H19ClN2O3. The monoisotopic (exact) mass is 406 g/mol. The summed E-state index contributed by atoms with van der Waals surface area (Å²) >= 11 is 6.44. The molecule has 0 saturated heterocycles. The number of pyridine rings is 1. The van der Waals surface area contributed by atoms with Crippen molar-refractivity contribution < 1.29 is 14.2 Å². The quantitative estimate of drug-likeness (QED) is 0.399. The summed E-state index contributed by atoms with van der Waals surface area (Å²) in [5, 5.41) is 4.71. The Balaban J connectivity index is 1.64. The molecule has 0 aliphatic carbocycles. The molecule has 1 N–H and O–H groups in total. The number of hydrogen-bond acceptors (Lipinski definition) is 5. The number of ether oxygens (including phenoxy) is 3. The van der Waals surface area contributed by atoms with E-state index in [4.69, 9.17) is 25.8 Å². The minimum Gasteiger partial charge on any atom is -0.493 e. The van der Waals surface area contributed by atoms with E-state index in [0.717, 1.165) is 33.8 Å². The molecule has 0 bridgehead atoms. The van der Waals surface area contributed by atoms with Gasteiger partial charge in [0.05, 0.1) is 30.4 Å². The summed E-state index contributed by atoms with van der Waals surface area (Å²) < 4.78 is 16.6. The lowest BCUT2D eigenvalue weighted by Crippen LogP contribution is -1.96. The number of hydrogen-bond donors (Lipinski definition) is 1. The highest BCUT2D eigenvalue weighted by atomic mass is 35.5. The Hall–Kier alpha value is -3.44. The lowest BCUT2D eigenvalue weighted by atomic mass is 10.1. The summed E-state index contributed by atoms with van der Waals surface area (Å²) in [4.78, 5) is 4.40. The van der Waals surface area contributed by atoms with Crippen LogP contribution < -0.4 is 19.5 Å². The number of rotatable bonds is 6. The number of fused-ring (bicyclic) bond motifs is 1. The second-order valence-corrected chi connectivity index (χ2v) is 6.68. The second kappa shape index (κ2) is 8.29. The Labute approximate surface area is 173 Å². The first-order valence-corrected chi connectivity index (χ1v) is 9.36. The van der Waals surface area contributed by atoms with Gasteiger partial charge in [0.25, 0.3) is 0 Å². The number of halogens is 1. The van der Waals surface area contributed by atoms with Crippen LogP contribution in [-0.4, -0.2) is 19.2 Å². The molecule has 1 aromatic heterocycles. The van der Waals surface area contributed by atoms with Gasteiger partial charge < -0.3 is 19.5 Å². The zero-order valence-electron chi connectivity index (χ0n) is 16.0. The van der Waals surface area contributed by atoms with Crippen LogP contribution in [0.15, 0.2) is 72.9 Å². The molecule has 1 heterocycles. The molecule has 0 unspecified atom stereocenters. The molecule has 5 nitrogen and oxygen atoms in total. The maximum atomic E-state index is 6.44. The smallest absolute Gasteiger partial charge is 0.162 e. The Morgan fingerprint density at radius 3 is 2.17 bits per heavy atom. The molecule has 0 aliphatic heterocycles. The molecule has 0 spiro atoms. The van der Waals surface area contributed by atoms with E-state index in [1.165, 1.54) is 0 Å². The molecule has 0 saturated carbocycles. The van der Waals surface area contributed by atoms with Gasteiger partial charge in [0, 0.05) is 23.3 Å². The van der Waals surface area contributed by atoms with Crippen LogP contribution in [0.2, 0.25) is 5.02 Å². The van der Waals surface area contributed by atoms with E-state index in [9.17, 15) is 0 Å². The van der Waals surface area contributed by atoms with Crippen molar-refractivity contribution in [2.75, 3.05) is 19.5 Å². The van der Waals surface area contributed by atoms with Crippen molar-refractivity contribution in [3.63, 3.8) is 0 Å². The van der Waals surface area contributed by atoms with Gasteiger partial charge in [0.15, 0.2) is 11.5 Å². The van der Waals surface area contributed by atoms with Gasteiger partial charge in [-0.1, -0.05) is 29.8 Å². The van der Waals surface area contributed by atoms with Gasteiger partial charge in [0.1, 0.15) is 11.5 Å². The summed E-state index contributed by atoms with van der Waals surface area (Å²) in [6.45, 7) is 0. The van der Waals surface area contributed by atoms with Gasteiger partial charge in [0.2, 0.25) is 0 Å². The first-order chi connectivity index (χ1) is 14.2. The SMILES string of the molecule is COc1cc2ncc(Cl)c(Nc3ccc(Oc4ccccc4)cc3)c2cc1OC. The number of nitrogens with zero attached hydrogens (tertiary/aromatic N) is 1. The maximum Gasteiger partial charge on any atom is 0.162 e. The van der Waals surface area contributed by atoms with Gasteiger partial charge in [-0.3, -0.25) is 4.98 Å². The summed E-state index contributed by atoms with van der Waals surface area (Å²) in [5.74, 6) is 2.76. The van der Waals surface area contributed by atoms with E-state index in [1.807, 2.05) is 66.7 Å². The minimum atomic E-state index is 0.509. The van der Waals surface area contributed by atoms with E-state index in [0.29, 0.717) is 16.5 Å². The van der Waals surface area contributed by atoms with Crippen LogP contribution >= 0.6 is 11.6 Å². The van der Waals surface area contributed by atoms with Crippen LogP contribution in [0.25, 0.3) is 10.9 Å². The van der Waals surface area contributed by atoms with Gasteiger partial charge in [-0.25, -0.2) is 0 Å². The maximum absolute atomic E-state index is 6.44. The third-order valence-corrected chi connectivity index (χ3v) is 4.72. The summed E-state index contributed by atoms with van der Waals surface area (Å²) in [5.41, 5.74) is 2.36. The van der Waals surface area contributed by atoms with Crippen molar-refractivity contribution in [3.05, 3.63) is 77.9 Å². The third kappa shape index (κ3) is 4.05. The van der Waals surface area contributed by atoms with Gasteiger partial charge in [-0.2, -0.15) is 0 Å². The van der Waals surface area contributed by atoms with E-state index >= 15 is 0 Å². The number of nitrogens with one attached hydrogen (secondary N) is 1. The molecule has 0 aliphatic rings. The molecule has 4 aromatic rings. The summed E-state index contributed by atoms with van der Waals surface area (Å²) in [6, 6.07) is 21.0. The van der Waals surface area contributed by atoms with Crippen molar-refractivity contribution in [1.82, 2.24) is 4.98 Å². The van der Waals surface area contributed by atoms with Crippen molar-refractivity contribution in [3.8, 4) is 23.0 Å². The summed E-state index contributed by atoms with van der Waals surface area (Å²) in [7, 11) is 3.19. The molecule has 0 radical (unpaired) electrons. The fourth-order valence-corrected chi connectivity index (χ4v) is 3.19. The van der Waals surface area contributed by atoms with Gasteiger partial charge in [-0.05, 0) is 42.5 Å². The Morgan fingerprint density at radius 2 is 1.48 bits per heavy atom. The number of para-hydroxylation sites is 1. The second-order valence-electron chi connectivity index (χ2n) is 6.27. The van der Waals surface area contributed by atoms with Gasteiger partial charge in [-0.15, -0.1) is 0 Å². The zero-order chi connectivity index (χ0) is 20.2. The molecule has 0 atom stereocenters. The third-order valence-electron chi connectivity index (χ3n) is 4.43. The van der Waals surface area contributed by atoms with Crippen LogP contribution in [0.5, 0.6) is 23.0 Å². The molecule has 4 rings (SSSR count). The van der Waals surface area contributed by atoms with Crippen LogP contribution in [0, 0.1) is 0 Å². The average Bonchev–Trinajstić information content (AvgIpc) is 2.76. The topological polar surface area (TPSA) is 52.6 Å². The zero-order valence-corrected chi connectivity index (χ0v) is 16.7. The normalized spacial score (nSPS) is 10.6. The Morgan fingerprint density at radius 1 is 0.828 bits per heavy atom. The lowest BCUT2D eigenvalue weighted by Gasteiger charge is -2.14. The number of methoxy groups -OCH3 is 2. The van der Waals surface area contributed by atoms with Crippen LogP contribution in [-0.2, 0) is 0 Å². The van der Waals surface area contributed by atoms with Crippen LogP contribution in [0.3, 0.4) is 0 Å². The number of benzene rings is 3. The molecule has 0 fully saturated rings. The fraction of sp³-hybridized carbons (Fsp3) is 0.0870. The molecule has 3 aromatic carbocycles. The van der Waals surface area contributed by atoms with Gasteiger partial charge >= 0.3 is 0 Å². The number of aromatic nitrogens is 1. The highest BCUT2D eigenvalue weighted by Gasteiger charge is 2.13. The number of anilines is 2. The lowest BCUT2D eigenvalue weighted by molar-refractivity contribution is 0.356. The summed E-state index contributed by atoms with van der Waals surface area (Å²) in [6.07, 6.45) is 1.62.